The molecule has 0 amide bonds. The fourth-order valence-corrected chi connectivity index (χ4v) is 2.17. The van der Waals surface area contributed by atoms with E-state index >= 15 is 0 Å². The molecule has 0 aliphatic carbocycles. The number of Topliss-reactive ketones (excluding diaryl/α,β-unsaturated/α-hetero) is 1. The molecule has 130 valence electrons. The van der Waals surface area contributed by atoms with Crippen LogP contribution in [0.25, 0.3) is 0 Å². The summed E-state index contributed by atoms with van der Waals surface area (Å²) >= 11 is 0. The minimum absolute atomic E-state index is 0.106. The van der Waals surface area contributed by atoms with Crippen LogP contribution in [-0.4, -0.2) is 18.6 Å². The van der Waals surface area contributed by atoms with Crippen molar-refractivity contribution in [1.82, 2.24) is 0 Å². The summed E-state index contributed by atoms with van der Waals surface area (Å²) in [5, 5.41) is 12.0. The number of hydrogen-bond acceptors (Lipinski definition) is 4. The number of carbonyl (C=O) groups excluding carboxylic acids is 1. The molecule has 0 aliphatic rings. The first-order valence-corrected chi connectivity index (χ1v) is 7.36. The first-order valence-electron chi connectivity index (χ1n) is 7.36. The zero-order chi connectivity index (χ0) is 18.4. The molecular weight excluding hydrogens is 333 g/mol. The van der Waals surface area contributed by atoms with Gasteiger partial charge in [0.05, 0.1) is 11.6 Å². The number of hydrogen-bond donors (Lipinski definition) is 1. The summed E-state index contributed by atoms with van der Waals surface area (Å²) < 4.78 is 41.3. The van der Waals surface area contributed by atoms with E-state index in [0.29, 0.717) is 22.4 Å². The van der Waals surface area contributed by atoms with Gasteiger partial charge in [-0.2, -0.15) is 18.4 Å². The second-order valence-corrected chi connectivity index (χ2v) is 5.33. The molecule has 0 spiro atoms. The van der Waals surface area contributed by atoms with Crippen LogP contribution in [0.5, 0.6) is 5.75 Å². The van der Waals surface area contributed by atoms with Gasteiger partial charge in [-0.15, -0.1) is 0 Å². The third-order valence-corrected chi connectivity index (χ3v) is 3.31. The maximum Gasteiger partial charge on any atom is 0.422 e. The highest BCUT2D eigenvalue weighted by molar-refractivity contribution is 5.99. The molecule has 0 heterocycles. The number of nitrogens with one attached hydrogen (secondary N) is 1. The van der Waals surface area contributed by atoms with Crippen molar-refractivity contribution in [3.63, 3.8) is 0 Å². The average molecular weight is 348 g/mol. The summed E-state index contributed by atoms with van der Waals surface area (Å²) in [7, 11) is 0. The van der Waals surface area contributed by atoms with Crippen LogP contribution in [-0.2, 0) is 6.54 Å². The van der Waals surface area contributed by atoms with Gasteiger partial charge in [-0.05, 0) is 42.8 Å². The molecule has 0 fully saturated rings. The molecule has 2 aromatic rings. The van der Waals surface area contributed by atoms with Crippen molar-refractivity contribution in [3.8, 4) is 11.8 Å². The lowest BCUT2D eigenvalue weighted by molar-refractivity contribution is -0.153. The lowest BCUT2D eigenvalue weighted by atomic mass is 10.1. The first kappa shape index (κ1) is 18.3. The zero-order valence-corrected chi connectivity index (χ0v) is 13.4. The molecule has 0 radical (unpaired) electrons. The standard InChI is InChI=1S/C18H15F3N2O2/c1-12(24)16-6-5-13(9-22)8-17(16)23-10-14-3-2-4-15(7-14)25-11-18(19,20)21/h2-8,23H,10-11H2,1H3. The van der Waals surface area contributed by atoms with Gasteiger partial charge in [-0.1, -0.05) is 12.1 Å². The normalized spacial score (nSPS) is 10.8. The Hall–Kier alpha value is -3.01. The molecular formula is C18H15F3N2O2. The molecule has 7 heteroatoms. The Balaban J connectivity index is 2.11. The number of ether oxygens (including phenoxy) is 1. The number of anilines is 1. The Labute approximate surface area is 142 Å². The summed E-state index contributed by atoms with van der Waals surface area (Å²) in [4.78, 5) is 11.7. The number of nitriles is 1. The summed E-state index contributed by atoms with van der Waals surface area (Å²) in [5.41, 5.74) is 2.00. The van der Waals surface area contributed by atoms with Crippen molar-refractivity contribution in [2.75, 3.05) is 11.9 Å². The van der Waals surface area contributed by atoms with Crippen LogP contribution in [0.3, 0.4) is 0 Å². The highest BCUT2D eigenvalue weighted by atomic mass is 19.4. The number of halogens is 3. The van der Waals surface area contributed by atoms with E-state index < -0.39 is 12.8 Å². The quantitative estimate of drug-likeness (QED) is 0.790. The van der Waals surface area contributed by atoms with E-state index in [4.69, 9.17) is 10.00 Å². The number of rotatable bonds is 6. The van der Waals surface area contributed by atoms with E-state index in [2.05, 4.69) is 5.32 Å². The van der Waals surface area contributed by atoms with Crippen molar-refractivity contribution in [1.29, 1.82) is 5.26 Å². The van der Waals surface area contributed by atoms with Crippen LogP contribution in [0.1, 0.15) is 28.4 Å². The number of carbonyl (C=O) groups is 1. The lowest BCUT2D eigenvalue weighted by Crippen LogP contribution is -2.19. The Morgan fingerprint density at radius 1 is 1.24 bits per heavy atom. The van der Waals surface area contributed by atoms with Gasteiger partial charge in [0.25, 0.3) is 0 Å². The Morgan fingerprint density at radius 3 is 2.64 bits per heavy atom. The second-order valence-electron chi connectivity index (χ2n) is 5.33. The largest absolute Gasteiger partial charge is 0.484 e. The van der Waals surface area contributed by atoms with Crippen LogP contribution in [0.4, 0.5) is 18.9 Å². The lowest BCUT2D eigenvalue weighted by Gasteiger charge is -2.13. The smallest absolute Gasteiger partial charge is 0.422 e. The van der Waals surface area contributed by atoms with Gasteiger partial charge in [0, 0.05) is 17.8 Å². The van der Waals surface area contributed by atoms with Crippen molar-refractivity contribution in [2.45, 2.75) is 19.6 Å². The van der Waals surface area contributed by atoms with Crippen LogP contribution in [0, 0.1) is 11.3 Å². The maximum atomic E-state index is 12.2. The number of alkyl halides is 3. The van der Waals surface area contributed by atoms with Crippen LogP contribution >= 0.6 is 0 Å². The van der Waals surface area contributed by atoms with E-state index in [0.717, 1.165) is 0 Å². The topological polar surface area (TPSA) is 62.1 Å². The van der Waals surface area contributed by atoms with Crippen LogP contribution in [0.15, 0.2) is 42.5 Å². The monoisotopic (exact) mass is 348 g/mol. The van der Waals surface area contributed by atoms with Crippen molar-refractivity contribution in [2.24, 2.45) is 0 Å². The first-order chi connectivity index (χ1) is 11.8. The van der Waals surface area contributed by atoms with E-state index in [1.54, 1.807) is 30.3 Å². The molecule has 0 saturated carbocycles. The fourth-order valence-electron chi connectivity index (χ4n) is 2.17. The number of benzene rings is 2. The zero-order valence-electron chi connectivity index (χ0n) is 13.4. The molecule has 1 N–H and O–H groups in total. The van der Waals surface area contributed by atoms with Crippen LogP contribution < -0.4 is 10.1 Å². The SMILES string of the molecule is CC(=O)c1ccc(C#N)cc1NCc1cccc(OCC(F)(F)F)c1. The molecule has 0 bridgehead atoms. The van der Waals surface area contributed by atoms with Crippen molar-refractivity contribution >= 4 is 11.5 Å². The summed E-state index contributed by atoms with van der Waals surface area (Å²) in [6.07, 6.45) is -4.40. The fraction of sp³-hybridized carbons (Fsp3) is 0.222. The Bertz CT molecular complexity index is 811. The Morgan fingerprint density at radius 2 is 2.00 bits per heavy atom. The van der Waals surface area contributed by atoms with Gasteiger partial charge in [0.2, 0.25) is 0 Å². The summed E-state index contributed by atoms with van der Waals surface area (Å²) in [5.74, 6) is -0.0524. The highest BCUT2D eigenvalue weighted by Crippen LogP contribution is 2.22. The minimum atomic E-state index is -4.40. The van der Waals surface area contributed by atoms with E-state index in [9.17, 15) is 18.0 Å². The molecule has 0 aromatic heterocycles. The van der Waals surface area contributed by atoms with Gasteiger partial charge >= 0.3 is 6.18 Å². The maximum absolute atomic E-state index is 12.2. The van der Waals surface area contributed by atoms with Crippen molar-refractivity contribution in [3.05, 3.63) is 59.2 Å². The molecule has 2 aromatic carbocycles. The van der Waals surface area contributed by atoms with Gasteiger partial charge in [-0.3, -0.25) is 4.79 Å². The Kier molecular flexibility index (Phi) is 5.65. The van der Waals surface area contributed by atoms with Gasteiger partial charge < -0.3 is 10.1 Å². The third kappa shape index (κ3) is 5.53. The van der Waals surface area contributed by atoms with E-state index in [1.807, 2.05) is 6.07 Å². The number of nitrogens with zero attached hydrogens (tertiary/aromatic N) is 1. The predicted molar refractivity (Wildman–Crippen MR) is 86.5 cm³/mol. The molecule has 0 saturated heterocycles. The van der Waals surface area contributed by atoms with E-state index in [1.165, 1.54) is 19.1 Å². The molecule has 0 aliphatic heterocycles. The molecule has 0 unspecified atom stereocenters. The summed E-state index contributed by atoms with van der Waals surface area (Å²) in [6, 6.07) is 12.9. The minimum Gasteiger partial charge on any atom is -0.484 e. The van der Waals surface area contributed by atoms with Gasteiger partial charge in [0.1, 0.15) is 5.75 Å². The van der Waals surface area contributed by atoms with Crippen molar-refractivity contribution < 1.29 is 22.7 Å². The third-order valence-electron chi connectivity index (χ3n) is 3.31. The predicted octanol–water partition coefficient (Wildman–Crippen LogP) is 4.31. The van der Waals surface area contributed by atoms with E-state index in [-0.39, 0.29) is 18.1 Å². The average Bonchev–Trinajstić information content (AvgIpc) is 2.57. The highest BCUT2D eigenvalue weighted by Gasteiger charge is 2.28. The van der Waals surface area contributed by atoms with Crippen LogP contribution in [0.2, 0.25) is 0 Å². The second kappa shape index (κ2) is 7.71. The number of ketones is 1. The van der Waals surface area contributed by atoms with Gasteiger partial charge in [0.15, 0.2) is 12.4 Å². The molecule has 0 atom stereocenters. The summed E-state index contributed by atoms with van der Waals surface area (Å²) in [6.45, 7) is 0.319. The molecule has 25 heavy (non-hydrogen) atoms. The van der Waals surface area contributed by atoms with Gasteiger partial charge in [-0.25, -0.2) is 0 Å². The molecule has 4 nitrogen and oxygen atoms in total. The molecule has 2 rings (SSSR count).